The molecule has 0 saturated carbocycles. The molecule has 100 valence electrons. The van der Waals surface area contributed by atoms with Gasteiger partial charge in [-0.1, -0.05) is 18.5 Å². The fraction of sp³-hybridized carbons (Fsp3) is 0.750. The van der Waals surface area contributed by atoms with E-state index in [2.05, 4.69) is 12.1 Å². The van der Waals surface area contributed by atoms with Crippen LogP contribution in [0.1, 0.15) is 32.6 Å². The number of carbonyl (C=O) groups excluding carboxylic acids is 1. The Morgan fingerprint density at radius 2 is 2.33 bits per heavy atom. The molecule has 0 aromatic carbocycles. The van der Waals surface area contributed by atoms with Crippen molar-refractivity contribution in [3.8, 4) is 0 Å². The summed E-state index contributed by atoms with van der Waals surface area (Å²) in [6, 6.07) is 0. The molecule has 0 aromatic heterocycles. The molecule has 2 atom stereocenters. The molecular weight excluding hydrogens is 236 g/mol. The van der Waals surface area contributed by atoms with Gasteiger partial charge in [-0.05, 0) is 18.8 Å². The van der Waals surface area contributed by atoms with Gasteiger partial charge in [0.1, 0.15) is 0 Å². The number of rotatable bonds is 3. The average molecular weight is 254 g/mol. The Labute approximate surface area is 106 Å². The molecule has 0 spiro atoms. The summed E-state index contributed by atoms with van der Waals surface area (Å²) in [6.45, 7) is 3.60. The molecule has 2 aliphatic heterocycles. The molecule has 2 heterocycles. The Morgan fingerprint density at radius 3 is 2.94 bits per heavy atom. The quantitative estimate of drug-likeness (QED) is 0.810. The lowest BCUT2D eigenvalue weighted by molar-refractivity contribution is -0.144. The van der Waals surface area contributed by atoms with Crippen LogP contribution in [0.4, 0.5) is 0 Å². The Hall–Kier alpha value is -1.59. The maximum absolute atomic E-state index is 12.2. The molecular formula is C12H18N2O4. The summed E-state index contributed by atoms with van der Waals surface area (Å²) in [6.07, 6.45) is 2.55. The predicted molar refractivity (Wildman–Crippen MR) is 64.2 cm³/mol. The standard InChI is InChI=1S/C12H18N2O4/c1-2-8-4-3-5-14(7-8)11(15)10-6-9(12(16)17)13-18-10/h8,10H,2-7H2,1H3,(H,16,17). The van der Waals surface area contributed by atoms with Gasteiger partial charge in [0.15, 0.2) is 5.71 Å². The normalized spacial score (nSPS) is 27.6. The summed E-state index contributed by atoms with van der Waals surface area (Å²) in [5.41, 5.74) is -0.0719. The maximum Gasteiger partial charge on any atom is 0.353 e. The summed E-state index contributed by atoms with van der Waals surface area (Å²) in [4.78, 5) is 29.6. The molecule has 6 heteroatoms. The molecule has 0 bridgehead atoms. The van der Waals surface area contributed by atoms with Crippen molar-refractivity contribution in [2.24, 2.45) is 11.1 Å². The highest BCUT2D eigenvalue weighted by molar-refractivity contribution is 6.36. The first-order valence-corrected chi connectivity index (χ1v) is 6.36. The average Bonchev–Trinajstić information content (AvgIpc) is 2.87. The monoisotopic (exact) mass is 254 g/mol. The number of amides is 1. The van der Waals surface area contributed by atoms with Gasteiger partial charge in [0, 0.05) is 19.5 Å². The Bertz CT molecular complexity index is 380. The van der Waals surface area contributed by atoms with Crippen LogP contribution < -0.4 is 0 Å². The minimum absolute atomic E-state index is 0.0709. The number of nitrogens with zero attached hydrogens (tertiary/aromatic N) is 2. The van der Waals surface area contributed by atoms with E-state index in [0.717, 1.165) is 32.4 Å². The molecule has 1 amide bonds. The molecule has 2 rings (SSSR count). The number of carboxylic acids is 1. The largest absolute Gasteiger partial charge is 0.477 e. The van der Waals surface area contributed by atoms with E-state index in [4.69, 9.17) is 9.94 Å². The smallest absolute Gasteiger partial charge is 0.353 e. The molecule has 1 N–H and O–H groups in total. The van der Waals surface area contributed by atoms with Crippen LogP contribution in [0.25, 0.3) is 0 Å². The third-order valence-electron chi connectivity index (χ3n) is 3.60. The van der Waals surface area contributed by atoms with Crippen molar-refractivity contribution < 1.29 is 19.5 Å². The fourth-order valence-electron chi connectivity index (χ4n) is 2.44. The van der Waals surface area contributed by atoms with Crippen molar-refractivity contribution in [2.75, 3.05) is 13.1 Å². The minimum Gasteiger partial charge on any atom is -0.477 e. The Morgan fingerprint density at radius 1 is 1.56 bits per heavy atom. The van der Waals surface area contributed by atoms with E-state index in [1.807, 2.05) is 0 Å². The first kappa shape index (κ1) is 12.9. The first-order chi connectivity index (χ1) is 8.61. The second kappa shape index (κ2) is 5.37. The fourth-order valence-corrected chi connectivity index (χ4v) is 2.44. The number of carboxylic acid groups (broad SMARTS) is 1. The molecule has 2 aliphatic rings. The van der Waals surface area contributed by atoms with Crippen molar-refractivity contribution in [2.45, 2.75) is 38.7 Å². The minimum atomic E-state index is -1.12. The molecule has 1 saturated heterocycles. The topological polar surface area (TPSA) is 79.2 Å². The molecule has 0 aliphatic carbocycles. The molecule has 0 radical (unpaired) electrons. The van der Waals surface area contributed by atoms with Crippen molar-refractivity contribution in [3.63, 3.8) is 0 Å². The second-order valence-corrected chi connectivity index (χ2v) is 4.84. The van der Waals surface area contributed by atoms with Gasteiger partial charge in [0.05, 0.1) is 0 Å². The molecule has 6 nitrogen and oxygen atoms in total. The van der Waals surface area contributed by atoms with Crippen molar-refractivity contribution in [3.05, 3.63) is 0 Å². The first-order valence-electron chi connectivity index (χ1n) is 6.36. The van der Waals surface area contributed by atoms with Gasteiger partial charge in [0.2, 0.25) is 6.10 Å². The van der Waals surface area contributed by atoms with Crippen LogP contribution in [0.3, 0.4) is 0 Å². The van der Waals surface area contributed by atoms with Crippen LogP contribution in [-0.4, -0.2) is 46.8 Å². The highest BCUT2D eigenvalue weighted by Crippen LogP contribution is 2.22. The summed E-state index contributed by atoms with van der Waals surface area (Å²) in [5.74, 6) is -0.701. The Balaban J connectivity index is 1.91. The number of aliphatic carboxylic acids is 1. The lowest BCUT2D eigenvalue weighted by Gasteiger charge is -2.33. The van der Waals surface area contributed by atoms with Gasteiger partial charge in [-0.25, -0.2) is 4.79 Å². The van der Waals surface area contributed by atoms with E-state index in [-0.39, 0.29) is 18.0 Å². The van der Waals surface area contributed by atoms with E-state index >= 15 is 0 Å². The highest BCUT2D eigenvalue weighted by Gasteiger charge is 2.35. The number of hydrogen-bond donors (Lipinski definition) is 1. The zero-order valence-corrected chi connectivity index (χ0v) is 10.5. The van der Waals surface area contributed by atoms with Crippen LogP contribution in [0.15, 0.2) is 5.16 Å². The number of likely N-dealkylation sites (tertiary alicyclic amines) is 1. The van der Waals surface area contributed by atoms with E-state index in [1.54, 1.807) is 4.90 Å². The summed E-state index contributed by atoms with van der Waals surface area (Å²) < 4.78 is 0. The predicted octanol–water partition coefficient (Wildman–Crippen LogP) is 0.865. The van der Waals surface area contributed by atoms with Gasteiger partial charge in [-0.3, -0.25) is 4.79 Å². The van der Waals surface area contributed by atoms with Crippen molar-refractivity contribution >= 4 is 17.6 Å². The number of carbonyl (C=O) groups is 2. The van der Waals surface area contributed by atoms with Gasteiger partial charge in [0.25, 0.3) is 5.91 Å². The lowest BCUT2D eigenvalue weighted by atomic mass is 9.95. The molecule has 18 heavy (non-hydrogen) atoms. The van der Waals surface area contributed by atoms with Gasteiger partial charge >= 0.3 is 5.97 Å². The van der Waals surface area contributed by atoms with Crippen LogP contribution in [0, 0.1) is 5.92 Å². The van der Waals surface area contributed by atoms with E-state index in [1.165, 1.54) is 0 Å². The number of piperidine rings is 1. The third kappa shape index (κ3) is 2.63. The molecule has 2 unspecified atom stereocenters. The SMILES string of the molecule is CCC1CCCN(C(=O)C2CC(C(=O)O)=NO2)C1. The highest BCUT2D eigenvalue weighted by atomic mass is 16.6. The maximum atomic E-state index is 12.2. The summed E-state index contributed by atoms with van der Waals surface area (Å²) in [5, 5.41) is 12.2. The van der Waals surface area contributed by atoms with Crippen LogP contribution in [0.5, 0.6) is 0 Å². The van der Waals surface area contributed by atoms with E-state index in [0.29, 0.717) is 5.92 Å². The number of oxime groups is 1. The van der Waals surface area contributed by atoms with Gasteiger partial charge in [-0.2, -0.15) is 0 Å². The summed E-state index contributed by atoms with van der Waals surface area (Å²) >= 11 is 0. The van der Waals surface area contributed by atoms with E-state index in [9.17, 15) is 9.59 Å². The van der Waals surface area contributed by atoms with Crippen molar-refractivity contribution in [1.29, 1.82) is 0 Å². The van der Waals surface area contributed by atoms with Crippen LogP contribution in [0.2, 0.25) is 0 Å². The van der Waals surface area contributed by atoms with Gasteiger partial charge < -0.3 is 14.8 Å². The zero-order valence-electron chi connectivity index (χ0n) is 10.5. The summed E-state index contributed by atoms with van der Waals surface area (Å²) in [7, 11) is 0. The number of hydrogen-bond acceptors (Lipinski definition) is 4. The molecule has 1 fully saturated rings. The third-order valence-corrected chi connectivity index (χ3v) is 3.60. The molecule has 0 aromatic rings. The van der Waals surface area contributed by atoms with Gasteiger partial charge in [-0.15, -0.1) is 0 Å². The van der Waals surface area contributed by atoms with E-state index < -0.39 is 12.1 Å². The second-order valence-electron chi connectivity index (χ2n) is 4.84. The zero-order chi connectivity index (χ0) is 13.1. The van der Waals surface area contributed by atoms with Crippen LogP contribution in [-0.2, 0) is 14.4 Å². The lowest BCUT2D eigenvalue weighted by Crippen LogP contribution is -2.45. The Kier molecular flexibility index (Phi) is 3.84. The van der Waals surface area contributed by atoms with Crippen LogP contribution >= 0.6 is 0 Å². The van der Waals surface area contributed by atoms with Crippen molar-refractivity contribution in [1.82, 2.24) is 4.90 Å².